The summed E-state index contributed by atoms with van der Waals surface area (Å²) in [6, 6.07) is 0. The Kier molecular flexibility index (Phi) is 5.65. The third-order valence-electron chi connectivity index (χ3n) is 2.93. The number of hydrogen-bond donors (Lipinski definition) is 2. The van der Waals surface area contributed by atoms with E-state index < -0.39 is 0 Å². The van der Waals surface area contributed by atoms with Crippen molar-refractivity contribution in [2.24, 2.45) is 5.92 Å². The summed E-state index contributed by atoms with van der Waals surface area (Å²) in [6.45, 7) is 5.31. The first-order valence-electron chi connectivity index (χ1n) is 5.87. The maximum Gasteiger partial charge on any atom is 0.236 e. The van der Waals surface area contributed by atoms with Gasteiger partial charge in [0.2, 0.25) is 5.91 Å². The van der Waals surface area contributed by atoms with Gasteiger partial charge in [-0.05, 0) is 31.7 Å². The van der Waals surface area contributed by atoms with Crippen LogP contribution < -0.4 is 5.32 Å². The SMILES string of the molecule is CCCNCC(=O)N1CCC(CO)CC1. The van der Waals surface area contributed by atoms with Crippen molar-refractivity contribution < 1.29 is 9.90 Å². The van der Waals surface area contributed by atoms with Gasteiger partial charge in [0, 0.05) is 19.7 Å². The second-order valence-electron chi connectivity index (χ2n) is 4.18. The molecule has 1 fully saturated rings. The van der Waals surface area contributed by atoms with Gasteiger partial charge in [0.15, 0.2) is 0 Å². The lowest BCUT2D eigenvalue weighted by Gasteiger charge is -2.31. The number of nitrogens with zero attached hydrogens (tertiary/aromatic N) is 1. The van der Waals surface area contributed by atoms with E-state index >= 15 is 0 Å². The highest BCUT2D eigenvalue weighted by atomic mass is 16.3. The van der Waals surface area contributed by atoms with Crippen LogP contribution in [0.4, 0.5) is 0 Å². The number of amides is 1. The summed E-state index contributed by atoms with van der Waals surface area (Å²) in [5.41, 5.74) is 0. The molecule has 0 aromatic carbocycles. The molecule has 0 aromatic rings. The molecule has 1 heterocycles. The Morgan fingerprint density at radius 3 is 2.67 bits per heavy atom. The fourth-order valence-corrected chi connectivity index (χ4v) is 1.85. The summed E-state index contributed by atoms with van der Waals surface area (Å²) < 4.78 is 0. The normalized spacial score (nSPS) is 18.1. The first kappa shape index (κ1) is 12.5. The second-order valence-corrected chi connectivity index (χ2v) is 4.18. The van der Waals surface area contributed by atoms with Gasteiger partial charge >= 0.3 is 0 Å². The van der Waals surface area contributed by atoms with Gasteiger partial charge in [0.25, 0.3) is 0 Å². The molecule has 0 saturated carbocycles. The number of likely N-dealkylation sites (tertiary alicyclic amines) is 1. The molecule has 1 saturated heterocycles. The third-order valence-corrected chi connectivity index (χ3v) is 2.93. The zero-order valence-corrected chi connectivity index (χ0v) is 9.54. The van der Waals surface area contributed by atoms with Crippen LogP contribution in [0.3, 0.4) is 0 Å². The molecular weight excluding hydrogens is 192 g/mol. The average molecular weight is 214 g/mol. The summed E-state index contributed by atoms with van der Waals surface area (Å²) >= 11 is 0. The molecule has 0 atom stereocenters. The molecule has 0 aromatic heterocycles. The molecule has 1 aliphatic rings. The predicted octanol–water partition coefficient (Wildman–Crippen LogP) is 0.217. The van der Waals surface area contributed by atoms with Gasteiger partial charge < -0.3 is 15.3 Å². The van der Waals surface area contributed by atoms with Crippen LogP contribution in [0.25, 0.3) is 0 Å². The van der Waals surface area contributed by atoms with Crippen LogP contribution in [0.15, 0.2) is 0 Å². The van der Waals surface area contributed by atoms with E-state index in [4.69, 9.17) is 5.11 Å². The van der Waals surface area contributed by atoms with E-state index in [2.05, 4.69) is 12.2 Å². The fraction of sp³-hybridized carbons (Fsp3) is 0.909. The Bertz CT molecular complexity index is 189. The quantitative estimate of drug-likeness (QED) is 0.644. The monoisotopic (exact) mass is 214 g/mol. The lowest BCUT2D eigenvalue weighted by molar-refractivity contribution is -0.131. The predicted molar refractivity (Wildman–Crippen MR) is 59.6 cm³/mol. The minimum absolute atomic E-state index is 0.194. The van der Waals surface area contributed by atoms with Crippen molar-refractivity contribution in [3.05, 3.63) is 0 Å². The molecule has 0 aliphatic carbocycles. The molecule has 0 bridgehead atoms. The van der Waals surface area contributed by atoms with Gasteiger partial charge in [0.05, 0.1) is 6.54 Å². The van der Waals surface area contributed by atoms with Gasteiger partial charge in [-0.15, -0.1) is 0 Å². The molecule has 88 valence electrons. The van der Waals surface area contributed by atoms with Crippen LogP contribution >= 0.6 is 0 Å². The lowest BCUT2D eigenvalue weighted by Crippen LogP contribution is -2.43. The number of nitrogens with one attached hydrogen (secondary N) is 1. The third kappa shape index (κ3) is 4.18. The van der Waals surface area contributed by atoms with E-state index in [0.29, 0.717) is 12.5 Å². The summed E-state index contributed by atoms with van der Waals surface area (Å²) in [5, 5.41) is 12.1. The van der Waals surface area contributed by atoms with Crippen molar-refractivity contribution in [1.82, 2.24) is 10.2 Å². The molecule has 2 N–H and O–H groups in total. The fourth-order valence-electron chi connectivity index (χ4n) is 1.85. The number of aliphatic hydroxyl groups excluding tert-OH is 1. The molecule has 1 aliphatic heterocycles. The van der Waals surface area contributed by atoms with E-state index in [-0.39, 0.29) is 12.5 Å². The number of piperidine rings is 1. The number of carbonyl (C=O) groups is 1. The van der Waals surface area contributed by atoms with Gasteiger partial charge in [0.1, 0.15) is 0 Å². The molecule has 1 rings (SSSR count). The topological polar surface area (TPSA) is 52.6 Å². The van der Waals surface area contributed by atoms with Crippen LogP contribution in [0.1, 0.15) is 26.2 Å². The maximum atomic E-state index is 11.7. The minimum atomic E-state index is 0.194. The Labute approximate surface area is 91.6 Å². The standard InChI is InChI=1S/C11H22N2O2/c1-2-5-12-8-11(15)13-6-3-10(9-14)4-7-13/h10,12,14H,2-9H2,1H3. The highest BCUT2D eigenvalue weighted by Crippen LogP contribution is 2.15. The molecule has 1 amide bonds. The molecule has 0 spiro atoms. The highest BCUT2D eigenvalue weighted by molar-refractivity contribution is 5.78. The minimum Gasteiger partial charge on any atom is -0.396 e. The van der Waals surface area contributed by atoms with E-state index in [1.807, 2.05) is 4.90 Å². The van der Waals surface area contributed by atoms with Crippen LogP contribution in [-0.4, -0.2) is 48.7 Å². The van der Waals surface area contributed by atoms with E-state index in [1.54, 1.807) is 0 Å². The van der Waals surface area contributed by atoms with Crippen molar-refractivity contribution in [3.8, 4) is 0 Å². The largest absolute Gasteiger partial charge is 0.396 e. The molecule has 0 radical (unpaired) electrons. The Morgan fingerprint density at radius 1 is 1.47 bits per heavy atom. The first-order valence-corrected chi connectivity index (χ1v) is 5.87. The molecular formula is C11H22N2O2. The lowest BCUT2D eigenvalue weighted by atomic mass is 9.98. The Hall–Kier alpha value is -0.610. The summed E-state index contributed by atoms with van der Waals surface area (Å²) in [5.74, 6) is 0.595. The number of aliphatic hydroxyl groups is 1. The Balaban J connectivity index is 2.18. The van der Waals surface area contributed by atoms with Gasteiger partial charge in [-0.1, -0.05) is 6.92 Å². The van der Waals surface area contributed by atoms with Gasteiger partial charge in [-0.2, -0.15) is 0 Å². The second kappa shape index (κ2) is 6.80. The average Bonchev–Trinajstić information content (AvgIpc) is 2.29. The van der Waals surface area contributed by atoms with Gasteiger partial charge in [-0.25, -0.2) is 0 Å². The van der Waals surface area contributed by atoms with Crippen LogP contribution in [0, 0.1) is 5.92 Å². The molecule has 15 heavy (non-hydrogen) atoms. The smallest absolute Gasteiger partial charge is 0.236 e. The van der Waals surface area contributed by atoms with Crippen LogP contribution in [-0.2, 0) is 4.79 Å². The van der Waals surface area contributed by atoms with Crippen molar-refractivity contribution in [1.29, 1.82) is 0 Å². The highest BCUT2D eigenvalue weighted by Gasteiger charge is 2.21. The van der Waals surface area contributed by atoms with Crippen molar-refractivity contribution in [2.75, 3.05) is 32.8 Å². The first-order chi connectivity index (χ1) is 7.27. The summed E-state index contributed by atoms with van der Waals surface area (Å²) in [7, 11) is 0. The zero-order chi connectivity index (χ0) is 11.1. The van der Waals surface area contributed by atoms with E-state index in [9.17, 15) is 4.79 Å². The van der Waals surface area contributed by atoms with Crippen LogP contribution in [0.5, 0.6) is 0 Å². The van der Waals surface area contributed by atoms with Crippen molar-refractivity contribution >= 4 is 5.91 Å². The molecule has 4 nitrogen and oxygen atoms in total. The number of carbonyl (C=O) groups excluding carboxylic acids is 1. The zero-order valence-electron chi connectivity index (χ0n) is 9.54. The van der Waals surface area contributed by atoms with Crippen molar-refractivity contribution in [3.63, 3.8) is 0 Å². The van der Waals surface area contributed by atoms with Crippen molar-refractivity contribution in [2.45, 2.75) is 26.2 Å². The van der Waals surface area contributed by atoms with E-state index in [1.165, 1.54) is 0 Å². The van der Waals surface area contributed by atoms with Gasteiger partial charge in [-0.3, -0.25) is 4.79 Å². The van der Waals surface area contributed by atoms with Crippen LogP contribution in [0.2, 0.25) is 0 Å². The maximum absolute atomic E-state index is 11.7. The Morgan fingerprint density at radius 2 is 2.13 bits per heavy atom. The molecule has 0 unspecified atom stereocenters. The summed E-state index contributed by atoms with van der Waals surface area (Å²) in [6.07, 6.45) is 2.94. The van der Waals surface area contributed by atoms with E-state index in [0.717, 1.165) is 38.9 Å². The number of rotatable bonds is 5. The molecule has 4 heteroatoms. The summed E-state index contributed by atoms with van der Waals surface area (Å²) in [4.78, 5) is 13.6. The number of hydrogen-bond acceptors (Lipinski definition) is 3.